The zero-order valence-electron chi connectivity index (χ0n) is 13.6. The summed E-state index contributed by atoms with van der Waals surface area (Å²) in [5.41, 5.74) is 1.25. The molecule has 0 bridgehead atoms. The van der Waals surface area contributed by atoms with Gasteiger partial charge in [-0.1, -0.05) is 30.3 Å². The number of ether oxygens (including phenoxy) is 1. The first kappa shape index (κ1) is 19.2. The van der Waals surface area contributed by atoms with Crippen molar-refractivity contribution in [2.75, 3.05) is 26.2 Å². The van der Waals surface area contributed by atoms with Gasteiger partial charge in [-0.3, -0.25) is 0 Å². The van der Waals surface area contributed by atoms with Crippen LogP contribution in [0.2, 0.25) is 0 Å². The molecule has 0 saturated carbocycles. The second-order valence-corrected chi connectivity index (χ2v) is 5.30. The van der Waals surface area contributed by atoms with Crippen molar-refractivity contribution in [1.82, 2.24) is 10.2 Å². The molecule has 1 aromatic rings. The fourth-order valence-corrected chi connectivity index (χ4v) is 2.65. The first-order chi connectivity index (χ1) is 10.3. The van der Waals surface area contributed by atoms with E-state index in [1.54, 1.807) is 0 Å². The zero-order chi connectivity index (χ0) is 14.9. The summed E-state index contributed by atoms with van der Waals surface area (Å²) in [6.45, 7) is 8.67. The van der Waals surface area contributed by atoms with Crippen molar-refractivity contribution in [3.05, 3.63) is 35.9 Å². The van der Waals surface area contributed by atoms with Gasteiger partial charge in [0.15, 0.2) is 5.96 Å². The van der Waals surface area contributed by atoms with E-state index in [2.05, 4.69) is 48.3 Å². The van der Waals surface area contributed by atoms with Crippen molar-refractivity contribution in [2.24, 2.45) is 4.99 Å². The topological polar surface area (TPSA) is 36.9 Å². The van der Waals surface area contributed by atoms with Crippen LogP contribution >= 0.6 is 24.0 Å². The van der Waals surface area contributed by atoms with Gasteiger partial charge in [-0.2, -0.15) is 0 Å². The van der Waals surface area contributed by atoms with Crippen LogP contribution < -0.4 is 5.32 Å². The van der Waals surface area contributed by atoms with Gasteiger partial charge in [0.1, 0.15) is 0 Å². The molecule has 1 saturated heterocycles. The summed E-state index contributed by atoms with van der Waals surface area (Å²) in [4.78, 5) is 7.12. The van der Waals surface area contributed by atoms with E-state index in [9.17, 15) is 0 Å². The summed E-state index contributed by atoms with van der Waals surface area (Å²) in [7, 11) is 0. The van der Waals surface area contributed by atoms with E-state index in [1.165, 1.54) is 5.56 Å². The van der Waals surface area contributed by atoms with Crippen molar-refractivity contribution < 1.29 is 4.74 Å². The van der Waals surface area contributed by atoms with E-state index in [0.717, 1.165) is 51.6 Å². The molecule has 0 unspecified atom stereocenters. The smallest absolute Gasteiger partial charge is 0.194 e. The van der Waals surface area contributed by atoms with Crippen LogP contribution in [-0.2, 0) is 11.3 Å². The van der Waals surface area contributed by atoms with E-state index < -0.39 is 0 Å². The molecule has 2 rings (SSSR count). The number of hydrogen-bond acceptors (Lipinski definition) is 2. The number of rotatable bonds is 5. The molecule has 0 aromatic heterocycles. The van der Waals surface area contributed by atoms with Gasteiger partial charge in [0.05, 0.1) is 12.6 Å². The molecule has 5 heteroatoms. The Morgan fingerprint density at radius 3 is 2.50 bits per heavy atom. The minimum absolute atomic E-state index is 0. The molecule has 1 fully saturated rings. The Morgan fingerprint density at radius 1 is 1.23 bits per heavy atom. The molecular formula is C17H28IN3O. The lowest BCUT2D eigenvalue weighted by molar-refractivity contribution is 0.0263. The van der Waals surface area contributed by atoms with E-state index in [4.69, 9.17) is 9.73 Å². The standard InChI is InChI=1S/C17H27N3O.HI/c1-3-18-17(19-14-15-8-6-5-7-9-15)20-12-10-16(11-13-20)21-4-2;/h5-9,16H,3-4,10-14H2,1-2H3,(H,18,19);1H. The second kappa shape index (κ2) is 10.8. The Bertz CT molecular complexity index is 431. The number of nitrogens with zero attached hydrogens (tertiary/aromatic N) is 2. The van der Waals surface area contributed by atoms with Gasteiger partial charge >= 0.3 is 0 Å². The summed E-state index contributed by atoms with van der Waals surface area (Å²) >= 11 is 0. The first-order valence-electron chi connectivity index (χ1n) is 8.02. The number of guanidine groups is 1. The fourth-order valence-electron chi connectivity index (χ4n) is 2.65. The van der Waals surface area contributed by atoms with Crippen molar-refractivity contribution in [2.45, 2.75) is 39.3 Å². The van der Waals surface area contributed by atoms with Gasteiger partial charge in [-0.25, -0.2) is 4.99 Å². The van der Waals surface area contributed by atoms with Crippen LogP contribution in [0.3, 0.4) is 0 Å². The maximum atomic E-state index is 5.71. The lowest BCUT2D eigenvalue weighted by Crippen LogP contribution is -2.47. The third-order valence-corrected chi connectivity index (χ3v) is 3.73. The number of piperidine rings is 1. The number of benzene rings is 1. The van der Waals surface area contributed by atoms with E-state index >= 15 is 0 Å². The Labute approximate surface area is 151 Å². The summed E-state index contributed by atoms with van der Waals surface area (Å²) in [5.74, 6) is 1.02. The highest BCUT2D eigenvalue weighted by molar-refractivity contribution is 14.0. The lowest BCUT2D eigenvalue weighted by atomic mass is 10.1. The second-order valence-electron chi connectivity index (χ2n) is 5.30. The number of likely N-dealkylation sites (tertiary alicyclic amines) is 1. The highest BCUT2D eigenvalue weighted by Crippen LogP contribution is 2.14. The van der Waals surface area contributed by atoms with Crippen molar-refractivity contribution in [3.63, 3.8) is 0 Å². The van der Waals surface area contributed by atoms with Crippen molar-refractivity contribution in [3.8, 4) is 0 Å². The van der Waals surface area contributed by atoms with Gasteiger partial charge < -0.3 is 15.0 Å². The Kier molecular flexibility index (Phi) is 9.47. The molecule has 22 heavy (non-hydrogen) atoms. The van der Waals surface area contributed by atoms with Gasteiger partial charge in [-0.15, -0.1) is 24.0 Å². The first-order valence-corrected chi connectivity index (χ1v) is 8.02. The third-order valence-electron chi connectivity index (χ3n) is 3.73. The maximum Gasteiger partial charge on any atom is 0.194 e. The predicted octanol–water partition coefficient (Wildman–Crippen LogP) is 3.27. The van der Waals surface area contributed by atoms with Crippen LogP contribution in [0.5, 0.6) is 0 Å². The molecular weight excluding hydrogens is 389 g/mol. The average Bonchev–Trinajstić information content (AvgIpc) is 2.54. The fraction of sp³-hybridized carbons (Fsp3) is 0.588. The molecule has 0 atom stereocenters. The Morgan fingerprint density at radius 2 is 1.91 bits per heavy atom. The van der Waals surface area contributed by atoms with Gasteiger partial charge in [-0.05, 0) is 32.3 Å². The largest absolute Gasteiger partial charge is 0.378 e. The predicted molar refractivity (Wildman–Crippen MR) is 103 cm³/mol. The lowest BCUT2D eigenvalue weighted by Gasteiger charge is -2.34. The van der Waals surface area contributed by atoms with Crippen molar-refractivity contribution in [1.29, 1.82) is 0 Å². The SMILES string of the molecule is CCNC(=NCc1ccccc1)N1CCC(OCC)CC1.I. The summed E-state index contributed by atoms with van der Waals surface area (Å²) < 4.78 is 5.71. The third kappa shape index (κ3) is 6.12. The quantitative estimate of drug-likeness (QED) is 0.454. The Hall–Kier alpha value is -0.820. The molecule has 0 spiro atoms. The van der Waals surface area contributed by atoms with Crippen molar-refractivity contribution >= 4 is 29.9 Å². The zero-order valence-corrected chi connectivity index (χ0v) is 16.0. The van der Waals surface area contributed by atoms with Crippen LogP contribution in [0.1, 0.15) is 32.3 Å². The number of hydrogen-bond donors (Lipinski definition) is 1. The molecule has 0 amide bonds. The molecule has 1 N–H and O–H groups in total. The molecule has 1 aliphatic heterocycles. The van der Waals surface area contributed by atoms with Crippen LogP contribution in [0.15, 0.2) is 35.3 Å². The van der Waals surface area contributed by atoms with E-state index in [0.29, 0.717) is 6.10 Å². The number of nitrogens with one attached hydrogen (secondary N) is 1. The minimum atomic E-state index is 0. The van der Waals surface area contributed by atoms with E-state index in [-0.39, 0.29) is 24.0 Å². The summed E-state index contributed by atoms with van der Waals surface area (Å²) in [6.07, 6.45) is 2.59. The minimum Gasteiger partial charge on any atom is -0.378 e. The number of aliphatic imine (C=N–C) groups is 1. The van der Waals surface area contributed by atoms with Gasteiger partial charge in [0.25, 0.3) is 0 Å². The maximum absolute atomic E-state index is 5.71. The van der Waals surface area contributed by atoms with Gasteiger partial charge in [0, 0.05) is 26.2 Å². The molecule has 0 radical (unpaired) electrons. The highest BCUT2D eigenvalue weighted by Gasteiger charge is 2.21. The normalized spacial score (nSPS) is 16.3. The average molecular weight is 417 g/mol. The molecule has 0 aliphatic carbocycles. The molecule has 1 aliphatic rings. The van der Waals surface area contributed by atoms with Crippen LogP contribution in [-0.4, -0.2) is 43.2 Å². The molecule has 4 nitrogen and oxygen atoms in total. The van der Waals surface area contributed by atoms with Crippen LogP contribution in [0, 0.1) is 0 Å². The summed E-state index contributed by atoms with van der Waals surface area (Å²) in [5, 5.41) is 3.40. The Balaban J connectivity index is 0.00000242. The van der Waals surface area contributed by atoms with Crippen LogP contribution in [0.4, 0.5) is 0 Å². The highest BCUT2D eigenvalue weighted by atomic mass is 127. The summed E-state index contributed by atoms with van der Waals surface area (Å²) in [6, 6.07) is 10.4. The molecule has 124 valence electrons. The van der Waals surface area contributed by atoms with E-state index in [1.807, 2.05) is 6.07 Å². The van der Waals surface area contributed by atoms with Gasteiger partial charge in [0.2, 0.25) is 0 Å². The number of halogens is 1. The molecule has 1 heterocycles. The monoisotopic (exact) mass is 417 g/mol. The molecule has 1 aromatic carbocycles. The van der Waals surface area contributed by atoms with Crippen LogP contribution in [0.25, 0.3) is 0 Å².